The molecular weight excluding hydrogens is 244 g/mol. The van der Waals surface area contributed by atoms with E-state index in [1.807, 2.05) is 32.0 Å². The fourth-order valence-electron chi connectivity index (χ4n) is 1.92. The lowest BCUT2D eigenvalue weighted by molar-refractivity contribution is 0.0130. The summed E-state index contributed by atoms with van der Waals surface area (Å²) in [5, 5.41) is 19.3. The molecule has 0 saturated carbocycles. The van der Waals surface area contributed by atoms with Gasteiger partial charge in [0.1, 0.15) is 0 Å². The van der Waals surface area contributed by atoms with Gasteiger partial charge in [0.25, 0.3) is 0 Å². The summed E-state index contributed by atoms with van der Waals surface area (Å²) in [4.78, 5) is 0. The van der Waals surface area contributed by atoms with E-state index in [4.69, 9.17) is 9.47 Å². The maximum absolute atomic E-state index is 9.74. The first kappa shape index (κ1) is 15.8. The van der Waals surface area contributed by atoms with E-state index in [0.29, 0.717) is 31.6 Å². The highest BCUT2D eigenvalue weighted by molar-refractivity contribution is 5.43. The number of aliphatic hydroxyl groups excluding tert-OH is 2. The van der Waals surface area contributed by atoms with Crippen LogP contribution in [-0.4, -0.2) is 36.1 Å². The van der Waals surface area contributed by atoms with Gasteiger partial charge in [0.2, 0.25) is 0 Å². The number of hydrogen-bond donors (Lipinski definition) is 2. The Labute approximate surface area is 115 Å². The molecule has 1 aromatic rings. The second-order valence-electron chi connectivity index (χ2n) is 4.50. The molecule has 108 valence electrons. The molecule has 0 bridgehead atoms. The third kappa shape index (κ3) is 4.73. The standard InChI is InChI=1S/C15H24O4/c1-4-12(16)13(17)8-6-11-7-9-14(19-5-2)15(10-11)18-3/h7,9-10,12-13,16-17H,4-6,8H2,1-3H3. The molecule has 2 N–H and O–H groups in total. The van der Waals surface area contributed by atoms with E-state index in [0.717, 1.165) is 11.3 Å². The zero-order chi connectivity index (χ0) is 14.3. The lowest BCUT2D eigenvalue weighted by Gasteiger charge is -2.16. The van der Waals surface area contributed by atoms with Crippen molar-refractivity contribution in [2.24, 2.45) is 0 Å². The zero-order valence-electron chi connectivity index (χ0n) is 11.9. The van der Waals surface area contributed by atoms with Crippen molar-refractivity contribution in [3.8, 4) is 11.5 Å². The Morgan fingerprint density at radius 3 is 2.42 bits per heavy atom. The Kier molecular flexibility index (Phi) is 6.67. The fraction of sp³-hybridized carbons (Fsp3) is 0.600. The summed E-state index contributed by atoms with van der Waals surface area (Å²) >= 11 is 0. The topological polar surface area (TPSA) is 58.9 Å². The van der Waals surface area contributed by atoms with Crippen LogP contribution in [0.25, 0.3) is 0 Å². The van der Waals surface area contributed by atoms with Crippen molar-refractivity contribution in [3.05, 3.63) is 23.8 Å². The maximum atomic E-state index is 9.74. The smallest absolute Gasteiger partial charge is 0.161 e. The predicted molar refractivity (Wildman–Crippen MR) is 74.8 cm³/mol. The Hall–Kier alpha value is -1.26. The minimum atomic E-state index is -0.678. The molecule has 2 atom stereocenters. The predicted octanol–water partition coefficient (Wildman–Crippen LogP) is 2.16. The number of ether oxygens (including phenoxy) is 2. The number of benzene rings is 1. The molecule has 0 amide bonds. The average Bonchev–Trinajstić information content (AvgIpc) is 2.45. The molecule has 0 radical (unpaired) electrons. The van der Waals surface area contributed by atoms with Gasteiger partial charge in [0.05, 0.1) is 25.9 Å². The summed E-state index contributed by atoms with van der Waals surface area (Å²) < 4.78 is 10.7. The summed E-state index contributed by atoms with van der Waals surface area (Å²) in [6.07, 6.45) is 0.466. The Morgan fingerprint density at radius 1 is 1.11 bits per heavy atom. The van der Waals surface area contributed by atoms with Gasteiger partial charge in [-0.2, -0.15) is 0 Å². The molecule has 0 saturated heterocycles. The lowest BCUT2D eigenvalue weighted by Crippen LogP contribution is -2.25. The summed E-state index contributed by atoms with van der Waals surface area (Å²) in [7, 11) is 1.61. The number of aryl methyl sites for hydroxylation is 1. The van der Waals surface area contributed by atoms with Crippen LogP contribution in [0, 0.1) is 0 Å². The molecule has 0 aliphatic heterocycles. The maximum Gasteiger partial charge on any atom is 0.161 e. The highest BCUT2D eigenvalue weighted by Gasteiger charge is 2.14. The van der Waals surface area contributed by atoms with Gasteiger partial charge in [0.15, 0.2) is 11.5 Å². The zero-order valence-corrected chi connectivity index (χ0v) is 11.9. The van der Waals surface area contributed by atoms with Crippen LogP contribution < -0.4 is 9.47 Å². The molecular formula is C15H24O4. The third-order valence-corrected chi connectivity index (χ3v) is 3.12. The number of methoxy groups -OCH3 is 1. The number of aliphatic hydroxyl groups is 2. The first-order chi connectivity index (χ1) is 9.12. The third-order valence-electron chi connectivity index (χ3n) is 3.12. The van der Waals surface area contributed by atoms with Crippen molar-refractivity contribution in [1.82, 2.24) is 0 Å². The van der Waals surface area contributed by atoms with Crippen LogP contribution in [0.5, 0.6) is 11.5 Å². The van der Waals surface area contributed by atoms with E-state index < -0.39 is 12.2 Å². The van der Waals surface area contributed by atoms with Gasteiger partial charge < -0.3 is 19.7 Å². The minimum Gasteiger partial charge on any atom is -0.493 e. The van der Waals surface area contributed by atoms with Crippen LogP contribution in [0.1, 0.15) is 32.3 Å². The van der Waals surface area contributed by atoms with E-state index >= 15 is 0 Å². The van der Waals surface area contributed by atoms with Crippen LogP contribution in [0.4, 0.5) is 0 Å². The SMILES string of the molecule is CCOc1ccc(CCC(O)C(O)CC)cc1OC. The second kappa shape index (κ2) is 8.02. The van der Waals surface area contributed by atoms with E-state index in [-0.39, 0.29) is 0 Å². The van der Waals surface area contributed by atoms with Crippen molar-refractivity contribution in [2.75, 3.05) is 13.7 Å². The molecule has 0 fully saturated rings. The van der Waals surface area contributed by atoms with Gasteiger partial charge >= 0.3 is 0 Å². The molecule has 0 spiro atoms. The Bertz CT molecular complexity index is 378. The quantitative estimate of drug-likeness (QED) is 0.758. The molecule has 1 aromatic carbocycles. The van der Waals surface area contributed by atoms with E-state index in [1.54, 1.807) is 7.11 Å². The molecule has 0 aromatic heterocycles. The van der Waals surface area contributed by atoms with Gasteiger partial charge in [-0.3, -0.25) is 0 Å². The van der Waals surface area contributed by atoms with E-state index in [2.05, 4.69) is 0 Å². The van der Waals surface area contributed by atoms with Crippen LogP contribution in [-0.2, 0) is 6.42 Å². The molecule has 0 aliphatic rings. The lowest BCUT2D eigenvalue weighted by atomic mass is 10.0. The normalized spacial score (nSPS) is 13.9. The van der Waals surface area contributed by atoms with Crippen LogP contribution in [0.2, 0.25) is 0 Å². The van der Waals surface area contributed by atoms with Crippen molar-refractivity contribution in [1.29, 1.82) is 0 Å². The largest absolute Gasteiger partial charge is 0.493 e. The van der Waals surface area contributed by atoms with Gasteiger partial charge in [-0.25, -0.2) is 0 Å². The second-order valence-corrected chi connectivity index (χ2v) is 4.50. The fourth-order valence-corrected chi connectivity index (χ4v) is 1.92. The van der Waals surface area contributed by atoms with Crippen molar-refractivity contribution < 1.29 is 19.7 Å². The highest BCUT2D eigenvalue weighted by Crippen LogP contribution is 2.28. The first-order valence-electron chi connectivity index (χ1n) is 6.78. The summed E-state index contributed by atoms with van der Waals surface area (Å²) in [6, 6.07) is 5.74. The van der Waals surface area contributed by atoms with Crippen LogP contribution in [0.3, 0.4) is 0 Å². The Balaban J connectivity index is 2.64. The van der Waals surface area contributed by atoms with E-state index in [9.17, 15) is 10.2 Å². The van der Waals surface area contributed by atoms with Gasteiger partial charge in [-0.1, -0.05) is 13.0 Å². The highest BCUT2D eigenvalue weighted by atomic mass is 16.5. The molecule has 4 nitrogen and oxygen atoms in total. The molecule has 0 aliphatic carbocycles. The molecule has 0 heterocycles. The number of rotatable bonds is 8. The summed E-state index contributed by atoms with van der Waals surface area (Å²) in [6.45, 7) is 4.38. The first-order valence-corrected chi connectivity index (χ1v) is 6.78. The van der Waals surface area contributed by atoms with E-state index in [1.165, 1.54) is 0 Å². The van der Waals surface area contributed by atoms with Crippen molar-refractivity contribution in [2.45, 2.75) is 45.3 Å². The van der Waals surface area contributed by atoms with Gasteiger partial charge in [-0.05, 0) is 43.9 Å². The van der Waals surface area contributed by atoms with Crippen LogP contribution in [0.15, 0.2) is 18.2 Å². The summed E-state index contributed by atoms with van der Waals surface area (Å²) in [5.41, 5.74) is 1.06. The van der Waals surface area contributed by atoms with Gasteiger partial charge in [-0.15, -0.1) is 0 Å². The number of hydrogen-bond acceptors (Lipinski definition) is 4. The average molecular weight is 268 g/mol. The van der Waals surface area contributed by atoms with Gasteiger partial charge in [0, 0.05) is 0 Å². The van der Waals surface area contributed by atoms with Crippen LogP contribution >= 0.6 is 0 Å². The minimum absolute atomic E-state index is 0.534. The van der Waals surface area contributed by atoms with Crippen molar-refractivity contribution in [3.63, 3.8) is 0 Å². The molecule has 4 heteroatoms. The van der Waals surface area contributed by atoms with Crippen molar-refractivity contribution >= 4 is 0 Å². The Morgan fingerprint density at radius 2 is 1.84 bits per heavy atom. The monoisotopic (exact) mass is 268 g/mol. The molecule has 19 heavy (non-hydrogen) atoms. The molecule has 2 unspecified atom stereocenters. The molecule has 1 rings (SSSR count). The summed E-state index contributed by atoms with van der Waals surface area (Å²) in [5.74, 6) is 1.42.